The fraction of sp³-hybridized carbons (Fsp3) is 0.617. The lowest BCUT2D eigenvalue weighted by Gasteiger charge is -2.71. The summed E-state index contributed by atoms with van der Waals surface area (Å²) in [6.07, 6.45) is 7.32. The quantitative estimate of drug-likeness (QED) is 0.135. The van der Waals surface area contributed by atoms with Crippen molar-refractivity contribution in [1.82, 2.24) is 0 Å². The first-order chi connectivity index (χ1) is 26.1. The number of hydrogen-bond donors (Lipinski definition) is 3. The highest BCUT2D eigenvalue weighted by Crippen LogP contribution is 2.76. The molecule has 0 saturated heterocycles. The van der Waals surface area contributed by atoms with Gasteiger partial charge in [-0.05, 0) is 134 Å². The van der Waals surface area contributed by atoms with E-state index in [1.807, 2.05) is 0 Å². The lowest BCUT2D eigenvalue weighted by atomic mass is 9.33. The Labute approximate surface area is 330 Å². The van der Waals surface area contributed by atoms with Gasteiger partial charge in [-0.1, -0.05) is 60.1 Å². The molecule has 0 aromatic heterocycles. The third-order valence-corrected chi connectivity index (χ3v) is 17.1. The van der Waals surface area contributed by atoms with Gasteiger partial charge in [-0.3, -0.25) is 19.2 Å². The van der Waals surface area contributed by atoms with Crippen molar-refractivity contribution >= 4 is 23.5 Å². The molecule has 9 nitrogen and oxygen atoms in total. The summed E-state index contributed by atoms with van der Waals surface area (Å²) in [5.74, 6) is -2.09. The number of rotatable bonds is 3. The molecule has 0 aliphatic heterocycles. The van der Waals surface area contributed by atoms with E-state index in [-0.39, 0.29) is 79.6 Å². The van der Waals surface area contributed by atoms with Gasteiger partial charge in [0.05, 0.1) is 22.6 Å². The van der Waals surface area contributed by atoms with Crippen molar-refractivity contribution in [3.05, 3.63) is 63.7 Å². The predicted octanol–water partition coefficient (Wildman–Crippen LogP) is 8.65. The smallest absolute Gasteiger partial charge is 0.318 e. The number of benzene rings is 2. The number of ketones is 2. The largest absolute Gasteiger partial charge is 0.507 e. The highest BCUT2D eigenvalue weighted by molar-refractivity contribution is 6.30. The van der Waals surface area contributed by atoms with E-state index in [0.29, 0.717) is 30.7 Å². The molecule has 4 unspecified atom stereocenters. The standard InChI is InChI=1S/C47H58O9/c1-23-20-28-35(30(49)21-23)40(53)36-27(38(28)51)10-12-32(39(36)52)56-42(54)47-17-14-24(2)25(3)37(47)29-11-13-34-44(7)22-31(50)41(55-26(4)48)43(5,6)33(44)15-16-46(34,9)45(29,8)18-19-47/h10-12,20-21,24-25,31,33-34,37,41,49-50,52H,13-19,22H2,1-9H3/t24-,25+,31?,33?,34?,37?,41+,44+,45-,46-,47+/m1/s1. The van der Waals surface area contributed by atoms with Crippen molar-refractivity contribution in [1.29, 1.82) is 0 Å². The number of allylic oxidation sites excluding steroid dienone is 2. The van der Waals surface area contributed by atoms with Crippen LogP contribution in [0.2, 0.25) is 0 Å². The van der Waals surface area contributed by atoms with E-state index in [9.17, 15) is 34.5 Å². The van der Waals surface area contributed by atoms with E-state index in [4.69, 9.17) is 9.47 Å². The number of phenolic OH excluding ortho intramolecular Hbond substituents is 2. The Morgan fingerprint density at radius 2 is 1.57 bits per heavy atom. The zero-order chi connectivity index (χ0) is 40.7. The summed E-state index contributed by atoms with van der Waals surface area (Å²) in [4.78, 5) is 54.3. The van der Waals surface area contributed by atoms with Crippen LogP contribution >= 0.6 is 0 Å². The lowest BCUT2D eigenvalue weighted by molar-refractivity contribution is -0.239. The molecule has 300 valence electrons. The van der Waals surface area contributed by atoms with E-state index in [2.05, 4.69) is 54.5 Å². The third kappa shape index (κ3) is 5.00. The van der Waals surface area contributed by atoms with Gasteiger partial charge < -0.3 is 24.8 Å². The van der Waals surface area contributed by atoms with Crippen LogP contribution in [0.5, 0.6) is 17.2 Å². The number of esters is 2. The molecule has 2 aromatic rings. The third-order valence-electron chi connectivity index (χ3n) is 17.1. The SMILES string of the molecule is CC(=O)O[C@H]1C(O)C[C@@]2(C)C(CC[C@]3(C)C2CC=C2C4[C@@H](C)[C@H](C)CC[C@]4(C(=O)Oc4ccc5c(c4O)C(=O)c4c(O)cc(C)cc4C5=O)CC[C@]23C)C1(C)C. The first-order valence-electron chi connectivity index (χ1n) is 20.7. The van der Waals surface area contributed by atoms with Crippen molar-refractivity contribution in [2.45, 2.75) is 126 Å². The number of ether oxygens (including phenoxy) is 2. The Bertz CT molecular complexity index is 2110. The minimum atomic E-state index is -0.855. The minimum Gasteiger partial charge on any atom is -0.507 e. The fourth-order valence-corrected chi connectivity index (χ4v) is 14.1. The Hall–Kier alpha value is -3.98. The average molecular weight is 767 g/mol. The molecule has 56 heavy (non-hydrogen) atoms. The van der Waals surface area contributed by atoms with Crippen molar-refractivity contribution in [2.24, 2.45) is 56.7 Å². The lowest BCUT2D eigenvalue weighted by Crippen LogP contribution is -2.67. The second-order valence-electron chi connectivity index (χ2n) is 20.0. The van der Waals surface area contributed by atoms with E-state index in [1.54, 1.807) is 13.0 Å². The second kappa shape index (κ2) is 12.5. The maximum absolute atomic E-state index is 14.9. The van der Waals surface area contributed by atoms with Crippen molar-refractivity contribution in [3.8, 4) is 17.2 Å². The molecular weight excluding hydrogens is 709 g/mol. The number of carbonyl (C=O) groups excluding carboxylic acids is 4. The molecule has 0 radical (unpaired) electrons. The first-order valence-corrected chi connectivity index (χ1v) is 20.7. The van der Waals surface area contributed by atoms with Crippen LogP contribution in [-0.2, 0) is 14.3 Å². The summed E-state index contributed by atoms with van der Waals surface area (Å²) in [6.45, 7) is 19.2. The maximum atomic E-state index is 14.9. The van der Waals surface area contributed by atoms with Crippen molar-refractivity contribution in [3.63, 3.8) is 0 Å². The van der Waals surface area contributed by atoms with Crippen molar-refractivity contribution < 1.29 is 44.0 Å². The normalized spacial score (nSPS) is 39.4. The number of fused-ring (bicyclic) bond motifs is 9. The number of aryl methyl sites for hydroxylation is 1. The Kier molecular flexibility index (Phi) is 8.68. The molecule has 3 N–H and O–H groups in total. The molecule has 11 atom stereocenters. The summed E-state index contributed by atoms with van der Waals surface area (Å²) < 4.78 is 12.0. The number of phenols is 2. The first kappa shape index (κ1) is 38.9. The van der Waals surface area contributed by atoms with Gasteiger partial charge >= 0.3 is 11.9 Å². The Balaban J connectivity index is 1.15. The van der Waals surface area contributed by atoms with Gasteiger partial charge in [-0.15, -0.1) is 0 Å². The van der Waals surface area contributed by atoms with Crippen molar-refractivity contribution in [2.75, 3.05) is 0 Å². The van der Waals surface area contributed by atoms with E-state index in [1.165, 1.54) is 30.7 Å². The summed E-state index contributed by atoms with van der Waals surface area (Å²) in [5.41, 5.74) is -0.205. The molecule has 4 saturated carbocycles. The van der Waals surface area contributed by atoms with Crippen LogP contribution in [0.25, 0.3) is 0 Å². The molecule has 4 fully saturated rings. The molecule has 0 bridgehead atoms. The summed E-state index contributed by atoms with van der Waals surface area (Å²) in [5, 5.41) is 33.9. The zero-order valence-electron chi connectivity index (χ0n) is 34.4. The minimum absolute atomic E-state index is 0.00346. The van der Waals surface area contributed by atoms with Crippen LogP contribution in [0.1, 0.15) is 144 Å². The van der Waals surface area contributed by atoms with Gasteiger partial charge in [0, 0.05) is 23.5 Å². The van der Waals surface area contributed by atoms with Gasteiger partial charge in [0.25, 0.3) is 0 Å². The highest BCUT2D eigenvalue weighted by Gasteiger charge is 2.71. The number of aliphatic hydroxyl groups is 1. The molecule has 2 aromatic carbocycles. The molecule has 8 rings (SSSR count). The molecule has 0 spiro atoms. The topological polar surface area (TPSA) is 147 Å². The number of aliphatic hydroxyl groups excluding tert-OH is 1. The molecule has 0 amide bonds. The van der Waals surface area contributed by atoms with Gasteiger partial charge in [-0.2, -0.15) is 0 Å². The summed E-state index contributed by atoms with van der Waals surface area (Å²) in [7, 11) is 0. The van der Waals surface area contributed by atoms with E-state index >= 15 is 0 Å². The fourth-order valence-electron chi connectivity index (χ4n) is 14.1. The molecule has 6 aliphatic carbocycles. The Morgan fingerprint density at radius 1 is 0.857 bits per heavy atom. The number of carbonyl (C=O) groups is 4. The summed E-state index contributed by atoms with van der Waals surface area (Å²) >= 11 is 0. The average Bonchev–Trinajstić information content (AvgIpc) is 3.11. The van der Waals surface area contributed by atoms with Crippen LogP contribution < -0.4 is 4.74 Å². The van der Waals surface area contributed by atoms with Gasteiger partial charge in [0.15, 0.2) is 17.3 Å². The monoisotopic (exact) mass is 766 g/mol. The predicted molar refractivity (Wildman–Crippen MR) is 209 cm³/mol. The van der Waals surface area contributed by atoms with E-state index < -0.39 is 46.3 Å². The highest BCUT2D eigenvalue weighted by atomic mass is 16.6. The molecular formula is C47H58O9. The van der Waals surface area contributed by atoms with Gasteiger partial charge in [-0.25, -0.2) is 0 Å². The zero-order valence-corrected chi connectivity index (χ0v) is 34.4. The Morgan fingerprint density at radius 3 is 2.27 bits per heavy atom. The van der Waals surface area contributed by atoms with Crippen LogP contribution in [-0.4, -0.2) is 51.0 Å². The molecule has 6 aliphatic rings. The van der Waals surface area contributed by atoms with Gasteiger partial charge in [0.2, 0.25) is 5.78 Å². The maximum Gasteiger partial charge on any atom is 0.318 e. The van der Waals surface area contributed by atoms with Crippen LogP contribution in [0, 0.1) is 63.6 Å². The molecule has 9 heteroatoms. The number of hydrogen-bond acceptors (Lipinski definition) is 9. The van der Waals surface area contributed by atoms with Crippen LogP contribution in [0.4, 0.5) is 0 Å². The van der Waals surface area contributed by atoms with Crippen LogP contribution in [0.15, 0.2) is 35.9 Å². The van der Waals surface area contributed by atoms with Crippen LogP contribution in [0.3, 0.4) is 0 Å². The number of aromatic hydroxyl groups is 2. The van der Waals surface area contributed by atoms with Gasteiger partial charge in [0.1, 0.15) is 11.9 Å². The van der Waals surface area contributed by atoms with E-state index in [0.717, 1.165) is 32.1 Å². The second-order valence-corrected chi connectivity index (χ2v) is 20.0. The summed E-state index contributed by atoms with van der Waals surface area (Å²) in [6, 6.07) is 5.80. The molecule has 0 heterocycles.